The Morgan fingerprint density at radius 3 is 2.42 bits per heavy atom. The van der Waals surface area contributed by atoms with E-state index in [-0.39, 0.29) is 36.5 Å². The van der Waals surface area contributed by atoms with Crippen LogP contribution in [-0.2, 0) is 9.59 Å². The van der Waals surface area contributed by atoms with E-state index in [0.29, 0.717) is 26.2 Å². The molecule has 2 aromatic carbocycles. The zero-order valence-electron chi connectivity index (χ0n) is 18.5. The van der Waals surface area contributed by atoms with E-state index in [9.17, 15) is 14.0 Å². The van der Waals surface area contributed by atoms with Crippen molar-refractivity contribution in [1.82, 2.24) is 14.8 Å². The predicted molar refractivity (Wildman–Crippen MR) is 128 cm³/mol. The summed E-state index contributed by atoms with van der Waals surface area (Å²) in [6.45, 7) is 3.36. The third-order valence-corrected chi connectivity index (χ3v) is 7.68. The molecule has 2 amide bonds. The maximum atomic E-state index is 13.1. The molecule has 0 N–H and O–H groups in total. The lowest BCUT2D eigenvalue weighted by atomic mass is 10.2. The molecule has 0 aliphatic carbocycles. The average molecular weight is 467 g/mol. The fraction of sp³-hybridized carbons (Fsp3) is 0.400. The molecule has 172 valence electrons. The summed E-state index contributed by atoms with van der Waals surface area (Å²) in [6, 6.07) is 14.5. The predicted octanol–water partition coefficient (Wildman–Crippen LogP) is 4.23. The van der Waals surface area contributed by atoms with Crippen LogP contribution in [0.1, 0.15) is 36.7 Å². The molecule has 0 unspecified atom stereocenters. The molecule has 33 heavy (non-hydrogen) atoms. The summed E-state index contributed by atoms with van der Waals surface area (Å²) in [4.78, 5) is 36.4. The number of likely N-dealkylation sites (tertiary alicyclic amines) is 1. The highest BCUT2D eigenvalue weighted by molar-refractivity contribution is 7.18. The number of carbonyl (C=O) groups excluding carboxylic acids is 2. The highest BCUT2D eigenvalue weighted by Gasteiger charge is 2.32. The largest absolute Gasteiger partial charge is 0.368 e. The Hall–Kier alpha value is -3.00. The highest BCUT2D eigenvalue weighted by atomic mass is 32.1. The number of aromatic nitrogens is 1. The van der Waals surface area contributed by atoms with Crippen molar-refractivity contribution in [3.8, 4) is 0 Å². The van der Waals surface area contributed by atoms with Gasteiger partial charge in [-0.15, -0.1) is 11.3 Å². The van der Waals surface area contributed by atoms with Crippen LogP contribution in [0.2, 0.25) is 0 Å². The lowest BCUT2D eigenvalue weighted by Gasteiger charge is -2.36. The Bertz CT molecular complexity index is 1110. The Kier molecular flexibility index (Phi) is 6.26. The number of para-hydroxylation sites is 1. The van der Waals surface area contributed by atoms with Crippen molar-refractivity contribution < 1.29 is 14.0 Å². The number of nitrogens with zero attached hydrogens (tertiary/aromatic N) is 4. The molecule has 2 aliphatic rings. The number of thiazole rings is 1. The normalized spacial score (nSPS) is 18.8. The number of carbonyl (C=O) groups is 2. The Labute approximate surface area is 196 Å². The molecule has 2 aliphatic heterocycles. The van der Waals surface area contributed by atoms with Gasteiger partial charge < -0.3 is 14.7 Å². The van der Waals surface area contributed by atoms with Gasteiger partial charge in [0.25, 0.3) is 0 Å². The number of halogens is 1. The monoisotopic (exact) mass is 466 g/mol. The summed E-state index contributed by atoms with van der Waals surface area (Å²) in [5.74, 6) is -0.187. The second-order valence-corrected chi connectivity index (χ2v) is 9.67. The lowest BCUT2D eigenvalue weighted by Crippen LogP contribution is -2.49. The van der Waals surface area contributed by atoms with E-state index in [1.165, 1.54) is 12.1 Å². The molecule has 0 radical (unpaired) electrons. The average Bonchev–Trinajstić information content (AvgIpc) is 3.50. The number of benzene rings is 2. The molecule has 1 aromatic heterocycles. The molecular weight excluding hydrogens is 439 g/mol. The van der Waals surface area contributed by atoms with Crippen LogP contribution in [-0.4, -0.2) is 59.3 Å². The van der Waals surface area contributed by atoms with E-state index in [1.807, 2.05) is 28.0 Å². The molecule has 3 aromatic rings. The van der Waals surface area contributed by atoms with Gasteiger partial charge in [-0.3, -0.25) is 9.59 Å². The van der Waals surface area contributed by atoms with Crippen molar-refractivity contribution in [2.45, 2.75) is 31.7 Å². The van der Waals surface area contributed by atoms with Crippen molar-refractivity contribution in [3.63, 3.8) is 0 Å². The summed E-state index contributed by atoms with van der Waals surface area (Å²) in [5, 5.41) is 0.991. The topological polar surface area (TPSA) is 56.8 Å². The smallest absolute Gasteiger partial charge is 0.223 e. The number of piperazine rings is 1. The van der Waals surface area contributed by atoms with E-state index in [2.05, 4.69) is 11.0 Å². The number of anilines is 1. The molecule has 6 nitrogen and oxygen atoms in total. The quantitative estimate of drug-likeness (QED) is 0.565. The number of rotatable bonds is 5. The standard InChI is InChI=1S/C25H27FN4O2S/c26-18-7-9-19(10-8-18)28-14-16-29(17-15-28)23(31)11-12-24(32)30-13-3-5-21(30)25-27-20-4-1-2-6-22(20)33-25/h1-2,4,6-10,21H,3,5,11-17H2/t21-/m1/s1. The highest BCUT2D eigenvalue weighted by Crippen LogP contribution is 2.36. The maximum absolute atomic E-state index is 13.1. The molecule has 1 atom stereocenters. The first kappa shape index (κ1) is 21.8. The van der Waals surface area contributed by atoms with Crippen LogP contribution in [0.4, 0.5) is 10.1 Å². The van der Waals surface area contributed by atoms with Gasteiger partial charge in [-0.1, -0.05) is 12.1 Å². The molecule has 3 heterocycles. The molecule has 0 saturated carbocycles. The van der Waals surface area contributed by atoms with E-state index in [4.69, 9.17) is 4.98 Å². The summed E-state index contributed by atoms with van der Waals surface area (Å²) < 4.78 is 14.3. The summed E-state index contributed by atoms with van der Waals surface area (Å²) in [5.41, 5.74) is 1.94. The van der Waals surface area contributed by atoms with Gasteiger partial charge in [-0.25, -0.2) is 9.37 Å². The van der Waals surface area contributed by atoms with Gasteiger partial charge >= 0.3 is 0 Å². The molecular formula is C25H27FN4O2S. The number of amides is 2. The van der Waals surface area contributed by atoms with Crippen LogP contribution < -0.4 is 4.90 Å². The third kappa shape index (κ3) is 4.71. The number of hydrogen-bond acceptors (Lipinski definition) is 5. The zero-order chi connectivity index (χ0) is 22.8. The van der Waals surface area contributed by atoms with Crippen LogP contribution in [0.5, 0.6) is 0 Å². The van der Waals surface area contributed by atoms with Gasteiger partial charge in [-0.2, -0.15) is 0 Å². The van der Waals surface area contributed by atoms with Crippen LogP contribution in [0, 0.1) is 5.82 Å². The van der Waals surface area contributed by atoms with Gasteiger partial charge in [0, 0.05) is 51.3 Å². The Morgan fingerprint density at radius 1 is 0.939 bits per heavy atom. The Balaban J connectivity index is 1.14. The first-order valence-electron chi connectivity index (χ1n) is 11.5. The van der Waals surface area contributed by atoms with E-state index in [0.717, 1.165) is 40.3 Å². The number of fused-ring (bicyclic) bond motifs is 1. The van der Waals surface area contributed by atoms with Crippen molar-refractivity contribution in [2.24, 2.45) is 0 Å². The minimum Gasteiger partial charge on any atom is -0.368 e. The van der Waals surface area contributed by atoms with Gasteiger partial charge in [-0.05, 0) is 49.2 Å². The maximum Gasteiger partial charge on any atom is 0.223 e. The van der Waals surface area contributed by atoms with E-state index >= 15 is 0 Å². The summed E-state index contributed by atoms with van der Waals surface area (Å²) in [7, 11) is 0. The van der Waals surface area contributed by atoms with Gasteiger partial charge in [0.2, 0.25) is 11.8 Å². The van der Waals surface area contributed by atoms with Crippen LogP contribution in [0.25, 0.3) is 10.2 Å². The summed E-state index contributed by atoms with van der Waals surface area (Å²) >= 11 is 1.66. The second kappa shape index (κ2) is 9.47. The molecule has 2 saturated heterocycles. The van der Waals surface area contributed by atoms with Crippen molar-refractivity contribution in [3.05, 3.63) is 59.4 Å². The SMILES string of the molecule is O=C(CCC(=O)N1CCC[C@@H]1c1nc2ccccc2s1)N1CCN(c2ccc(F)cc2)CC1. The van der Waals surface area contributed by atoms with Gasteiger partial charge in [0.05, 0.1) is 16.3 Å². The van der Waals surface area contributed by atoms with Crippen molar-refractivity contribution in [1.29, 1.82) is 0 Å². The lowest BCUT2D eigenvalue weighted by molar-refractivity contribution is -0.137. The molecule has 2 fully saturated rings. The number of hydrogen-bond donors (Lipinski definition) is 0. The Morgan fingerprint density at radius 2 is 1.67 bits per heavy atom. The second-order valence-electron chi connectivity index (χ2n) is 8.61. The minimum absolute atomic E-state index is 0.0178. The van der Waals surface area contributed by atoms with Gasteiger partial charge in [0.1, 0.15) is 10.8 Å². The van der Waals surface area contributed by atoms with Crippen molar-refractivity contribution in [2.75, 3.05) is 37.6 Å². The molecule has 0 spiro atoms. The fourth-order valence-electron chi connectivity index (χ4n) is 4.74. The van der Waals surface area contributed by atoms with E-state index in [1.54, 1.807) is 23.5 Å². The zero-order valence-corrected chi connectivity index (χ0v) is 19.3. The van der Waals surface area contributed by atoms with E-state index < -0.39 is 0 Å². The fourth-order valence-corrected chi connectivity index (χ4v) is 5.85. The first-order valence-corrected chi connectivity index (χ1v) is 12.3. The van der Waals surface area contributed by atoms with Crippen molar-refractivity contribution >= 4 is 39.1 Å². The first-order chi connectivity index (χ1) is 16.1. The minimum atomic E-state index is -0.249. The van der Waals surface area contributed by atoms with Gasteiger partial charge in [0.15, 0.2) is 0 Å². The molecule has 8 heteroatoms. The molecule has 0 bridgehead atoms. The van der Waals surface area contributed by atoms with Crippen LogP contribution in [0.3, 0.4) is 0 Å². The van der Waals surface area contributed by atoms with Crippen LogP contribution in [0.15, 0.2) is 48.5 Å². The molecule has 5 rings (SSSR count). The summed E-state index contributed by atoms with van der Waals surface area (Å²) in [6.07, 6.45) is 2.35. The van der Waals surface area contributed by atoms with Crippen LogP contribution >= 0.6 is 11.3 Å². The third-order valence-electron chi connectivity index (χ3n) is 6.55.